The van der Waals surface area contributed by atoms with E-state index in [2.05, 4.69) is 21.7 Å². The summed E-state index contributed by atoms with van der Waals surface area (Å²) in [7, 11) is 1.75. The van der Waals surface area contributed by atoms with Crippen molar-refractivity contribution in [1.82, 2.24) is 15.0 Å². The molecule has 0 bridgehead atoms. The average Bonchev–Trinajstić information content (AvgIpc) is 3.45. The van der Waals surface area contributed by atoms with Gasteiger partial charge in [-0.2, -0.15) is 0 Å². The smallest absolute Gasteiger partial charge is 0.172 e. The van der Waals surface area contributed by atoms with Crippen LogP contribution in [0, 0.1) is 11.3 Å². The molecule has 4 aliphatic rings. The Morgan fingerprint density at radius 3 is 2.81 bits per heavy atom. The van der Waals surface area contributed by atoms with Gasteiger partial charge in [-0.15, -0.1) is 0 Å². The van der Waals surface area contributed by atoms with E-state index < -0.39 is 0 Å². The van der Waals surface area contributed by atoms with E-state index in [0.717, 1.165) is 75.1 Å². The summed E-state index contributed by atoms with van der Waals surface area (Å²) in [5.74, 6) is 2.80. The van der Waals surface area contributed by atoms with Gasteiger partial charge in [0.1, 0.15) is 12.3 Å². The summed E-state index contributed by atoms with van der Waals surface area (Å²) in [5.41, 5.74) is 8.62. The highest BCUT2D eigenvalue weighted by atomic mass is 16.5. The monoisotopic (exact) mass is 496 g/mol. The number of fused-ring (bicyclic) bond motifs is 3. The van der Waals surface area contributed by atoms with Crippen LogP contribution in [0.5, 0.6) is 5.75 Å². The lowest BCUT2D eigenvalue weighted by Crippen LogP contribution is -2.51. The third-order valence-electron chi connectivity index (χ3n) is 8.63. The van der Waals surface area contributed by atoms with Crippen LogP contribution >= 0.6 is 0 Å². The third-order valence-corrected chi connectivity index (χ3v) is 8.63. The molecule has 0 amide bonds. The number of nitrogens with zero attached hydrogens (tertiary/aromatic N) is 5. The Morgan fingerprint density at radius 1 is 1.25 bits per heavy atom. The summed E-state index contributed by atoms with van der Waals surface area (Å²) >= 11 is 0. The molecule has 6 heterocycles. The molecule has 2 aromatic rings. The van der Waals surface area contributed by atoms with Gasteiger partial charge in [0, 0.05) is 55.9 Å². The van der Waals surface area contributed by atoms with E-state index in [1.165, 1.54) is 0 Å². The zero-order chi connectivity index (χ0) is 24.9. The molecule has 10 heteroatoms. The van der Waals surface area contributed by atoms with Crippen LogP contribution in [-0.4, -0.2) is 84.8 Å². The van der Waals surface area contributed by atoms with Gasteiger partial charge in [0.15, 0.2) is 17.4 Å². The Kier molecular flexibility index (Phi) is 6.23. The Bertz CT molecular complexity index is 1110. The molecule has 4 aliphatic heterocycles. The number of piperidine rings is 1. The third kappa shape index (κ3) is 3.91. The van der Waals surface area contributed by atoms with Gasteiger partial charge in [0.05, 0.1) is 43.9 Å². The maximum Gasteiger partial charge on any atom is 0.172 e. The Morgan fingerprint density at radius 2 is 2.08 bits per heavy atom. The standard InChI is InChI=1S/C26H36N6O4/c1-16-23(27)26(15-36-16)4-7-31(8-5-26)24-21(12-33)30-20(10-29-24)19-3-6-28-25-22(19)35-14-18-9-17(13-34-2)11-32(18)25/h3,6,10,16-18,23,33H,4-5,7-9,11-15,27H2,1-2H3/t16-,17-,18-,23+/m0/s1. The van der Waals surface area contributed by atoms with Gasteiger partial charge < -0.3 is 34.9 Å². The van der Waals surface area contributed by atoms with E-state index in [1.54, 1.807) is 19.5 Å². The summed E-state index contributed by atoms with van der Waals surface area (Å²) in [6.07, 6.45) is 6.61. The maximum atomic E-state index is 10.2. The van der Waals surface area contributed by atoms with Crippen LogP contribution in [-0.2, 0) is 16.1 Å². The molecule has 0 aliphatic carbocycles. The van der Waals surface area contributed by atoms with E-state index in [1.807, 2.05) is 6.07 Å². The molecule has 6 rings (SSSR count). The van der Waals surface area contributed by atoms with E-state index in [9.17, 15) is 5.11 Å². The minimum Gasteiger partial charge on any atom is -0.487 e. The fourth-order valence-electron chi connectivity index (χ4n) is 6.51. The topological polar surface area (TPSA) is 119 Å². The number of aliphatic hydroxyl groups is 1. The molecule has 0 saturated carbocycles. The van der Waals surface area contributed by atoms with Crippen LogP contribution in [0.3, 0.4) is 0 Å². The Balaban J connectivity index is 1.24. The molecule has 0 unspecified atom stereocenters. The SMILES string of the molecule is COC[C@H]1C[C@H]2COc3c(-c4cnc(N5CCC6(CC5)CO[C@@H](C)[C@H]6N)c(CO)n4)ccnc3N2C1. The number of aromatic nitrogens is 3. The Hall–Kier alpha value is -2.53. The number of anilines is 2. The number of methoxy groups -OCH3 is 1. The molecule has 0 radical (unpaired) electrons. The normalized spacial score (nSPS) is 28.8. The highest BCUT2D eigenvalue weighted by molar-refractivity contribution is 5.75. The number of rotatable bonds is 5. The van der Waals surface area contributed by atoms with Gasteiger partial charge in [0.2, 0.25) is 0 Å². The molecule has 3 saturated heterocycles. The van der Waals surface area contributed by atoms with E-state index in [0.29, 0.717) is 30.0 Å². The zero-order valence-corrected chi connectivity index (χ0v) is 21.1. The lowest BCUT2D eigenvalue weighted by atomic mass is 9.73. The number of ether oxygens (including phenoxy) is 3. The molecule has 3 N–H and O–H groups in total. The molecular weight excluding hydrogens is 460 g/mol. The summed E-state index contributed by atoms with van der Waals surface area (Å²) in [4.78, 5) is 18.8. The van der Waals surface area contributed by atoms with Crippen LogP contribution in [0.2, 0.25) is 0 Å². The van der Waals surface area contributed by atoms with Crippen molar-refractivity contribution in [3.05, 3.63) is 24.2 Å². The van der Waals surface area contributed by atoms with Crippen molar-refractivity contribution in [2.75, 3.05) is 56.4 Å². The predicted molar refractivity (Wildman–Crippen MR) is 135 cm³/mol. The molecule has 194 valence electrons. The second kappa shape index (κ2) is 9.41. The molecular formula is C26H36N6O4. The first-order valence-electron chi connectivity index (χ1n) is 13.0. The van der Waals surface area contributed by atoms with Crippen molar-refractivity contribution in [2.45, 2.75) is 51.0 Å². The molecule has 4 atom stereocenters. The van der Waals surface area contributed by atoms with Gasteiger partial charge in [-0.1, -0.05) is 0 Å². The fraction of sp³-hybridized carbons (Fsp3) is 0.654. The first kappa shape index (κ1) is 23.8. The quantitative estimate of drug-likeness (QED) is 0.632. The van der Waals surface area contributed by atoms with Crippen molar-refractivity contribution >= 4 is 11.6 Å². The van der Waals surface area contributed by atoms with Crippen molar-refractivity contribution in [1.29, 1.82) is 0 Å². The highest BCUT2D eigenvalue weighted by Gasteiger charge is 2.48. The molecule has 1 spiro atoms. The number of hydrogen-bond acceptors (Lipinski definition) is 10. The van der Waals surface area contributed by atoms with Gasteiger partial charge >= 0.3 is 0 Å². The van der Waals surface area contributed by atoms with Crippen molar-refractivity contribution < 1.29 is 19.3 Å². The maximum absolute atomic E-state index is 10.2. The summed E-state index contributed by atoms with van der Waals surface area (Å²) in [6, 6.07) is 2.29. The number of hydrogen-bond donors (Lipinski definition) is 2. The van der Waals surface area contributed by atoms with Crippen molar-refractivity contribution in [3.63, 3.8) is 0 Å². The predicted octanol–water partition coefficient (Wildman–Crippen LogP) is 1.60. The molecule has 3 fully saturated rings. The van der Waals surface area contributed by atoms with Gasteiger partial charge in [-0.25, -0.2) is 15.0 Å². The summed E-state index contributed by atoms with van der Waals surface area (Å²) in [5, 5.41) is 10.2. The molecule has 36 heavy (non-hydrogen) atoms. The van der Waals surface area contributed by atoms with Crippen LogP contribution < -0.4 is 20.3 Å². The second-order valence-corrected chi connectivity index (χ2v) is 10.8. The largest absolute Gasteiger partial charge is 0.487 e. The lowest BCUT2D eigenvalue weighted by Gasteiger charge is -2.41. The zero-order valence-electron chi connectivity index (χ0n) is 21.1. The lowest BCUT2D eigenvalue weighted by molar-refractivity contribution is 0.0973. The van der Waals surface area contributed by atoms with Gasteiger partial charge in [0.25, 0.3) is 0 Å². The number of aliphatic hydroxyl groups excluding tert-OH is 1. The highest BCUT2D eigenvalue weighted by Crippen LogP contribution is 2.44. The van der Waals surface area contributed by atoms with E-state index in [-0.39, 0.29) is 24.2 Å². The van der Waals surface area contributed by atoms with E-state index in [4.69, 9.17) is 29.9 Å². The van der Waals surface area contributed by atoms with Crippen molar-refractivity contribution in [3.8, 4) is 17.0 Å². The van der Waals surface area contributed by atoms with Crippen LogP contribution in [0.1, 0.15) is 31.9 Å². The first-order chi connectivity index (χ1) is 17.5. The minimum absolute atomic E-state index is 0.0335. The van der Waals surface area contributed by atoms with Crippen LogP contribution in [0.15, 0.2) is 18.5 Å². The number of nitrogens with two attached hydrogens (primary N) is 1. The van der Waals surface area contributed by atoms with E-state index >= 15 is 0 Å². The molecule has 10 nitrogen and oxygen atoms in total. The summed E-state index contributed by atoms with van der Waals surface area (Å²) < 4.78 is 17.5. The van der Waals surface area contributed by atoms with Crippen LogP contribution in [0.4, 0.5) is 11.6 Å². The fourth-order valence-corrected chi connectivity index (χ4v) is 6.51. The summed E-state index contributed by atoms with van der Waals surface area (Å²) in [6.45, 7) is 6.49. The first-order valence-corrected chi connectivity index (χ1v) is 13.0. The van der Waals surface area contributed by atoms with Gasteiger partial charge in [-0.05, 0) is 32.3 Å². The molecule has 2 aromatic heterocycles. The average molecular weight is 497 g/mol. The second-order valence-electron chi connectivity index (χ2n) is 10.8. The van der Waals surface area contributed by atoms with Crippen molar-refractivity contribution in [2.24, 2.45) is 17.1 Å². The van der Waals surface area contributed by atoms with Crippen LogP contribution in [0.25, 0.3) is 11.3 Å². The van der Waals surface area contributed by atoms with Gasteiger partial charge in [-0.3, -0.25) is 0 Å². The minimum atomic E-state index is -0.182. The molecule has 0 aromatic carbocycles. The number of pyridine rings is 1. The Labute approximate surface area is 211 Å².